The molecule has 0 aliphatic carbocycles. The van der Waals surface area contributed by atoms with E-state index in [0.717, 1.165) is 11.4 Å². The van der Waals surface area contributed by atoms with Crippen molar-refractivity contribution in [1.29, 1.82) is 0 Å². The van der Waals surface area contributed by atoms with Crippen LogP contribution in [-0.2, 0) is 0 Å². The third-order valence-electron chi connectivity index (χ3n) is 2.50. The monoisotopic (exact) mass is 266 g/mol. The van der Waals surface area contributed by atoms with Crippen LogP contribution in [0.2, 0.25) is 5.02 Å². The summed E-state index contributed by atoms with van der Waals surface area (Å²) in [4.78, 5) is 8.19. The second kappa shape index (κ2) is 5.18. The Morgan fingerprint density at radius 2 is 1.94 bits per heavy atom. The van der Waals surface area contributed by atoms with Gasteiger partial charge in [-0.3, -0.25) is 0 Å². The summed E-state index contributed by atoms with van der Waals surface area (Å²) in [6.07, 6.45) is 1.44. The molecule has 0 radical (unpaired) electrons. The Morgan fingerprint density at radius 1 is 1.22 bits per heavy atom. The Kier molecular flexibility index (Phi) is 3.62. The normalized spacial score (nSPS) is 10.2. The first kappa shape index (κ1) is 12.6. The van der Waals surface area contributed by atoms with Crippen LogP contribution in [0.5, 0.6) is 0 Å². The topological polar surface area (TPSA) is 49.8 Å². The molecule has 0 saturated carbocycles. The molecule has 0 spiro atoms. The summed E-state index contributed by atoms with van der Waals surface area (Å²) < 4.78 is 13.3. The van der Waals surface area contributed by atoms with E-state index in [0.29, 0.717) is 11.5 Å². The smallest absolute Gasteiger partial charge is 0.143 e. The molecule has 2 rings (SSSR count). The summed E-state index contributed by atoms with van der Waals surface area (Å²) >= 11 is 5.62. The van der Waals surface area contributed by atoms with Crippen molar-refractivity contribution in [2.45, 2.75) is 6.92 Å². The number of nitrogens with zero attached hydrogens (tertiary/aromatic N) is 2. The standard InChI is InChI=1S/C12H12ClFN4/c1-7-11(15-2)16-6-17-12(7)18-8-3-4-9(13)10(14)5-8/h3-6H,1-2H3,(H2,15,16,17,18). The number of anilines is 3. The summed E-state index contributed by atoms with van der Waals surface area (Å²) in [5.41, 5.74) is 1.44. The summed E-state index contributed by atoms with van der Waals surface area (Å²) in [5, 5.41) is 6.07. The Balaban J connectivity index is 2.31. The van der Waals surface area contributed by atoms with Gasteiger partial charge in [-0.2, -0.15) is 0 Å². The van der Waals surface area contributed by atoms with Gasteiger partial charge in [-0.1, -0.05) is 11.6 Å². The fraction of sp³-hybridized carbons (Fsp3) is 0.167. The van der Waals surface area contributed by atoms with Gasteiger partial charge in [-0.15, -0.1) is 0 Å². The number of aromatic nitrogens is 2. The molecule has 1 heterocycles. The number of nitrogens with one attached hydrogen (secondary N) is 2. The molecule has 0 aliphatic rings. The van der Waals surface area contributed by atoms with Crippen LogP contribution in [-0.4, -0.2) is 17.0 Å². The number of hydrogen-bond acceptors (Lipinski definition) is 4. The molecule has 4 nitrogen and oxygen atoms in total. The highest BCUT2D eigenvalue weighted by Crippen LogP contribution is 2.24. The van der Waals surface area contributed by atoms with E-state index in [4.69, 9.17) is 11.6 Å². The zero-order valence-corrected chi connectivity index (χ0v) is 10.7. The Labute approximate surface area is 109 Å². The fourth-order valence-electron chi connectivity index (χ4n) is 1.54. The molecule has 0 unspecified atom stereocenters. The van der Waals surface area contributed by atoms with E-state index in [1.165, 1.54) is 18.5 Å². The zero-order valence-electron chi connectivity index (χ0n) is 9.96. The molecule has 0 aliphatic heterocycles. The van der Waals surface area contributed by atoms with E-state index in [9.17, 15) is 4.39 Å². The SMILES string of the molecule is CNc1ncnc(Nc2ccc(Cl)c(F)c2)c1C. The second-order valence-electron chi connectivity index (χ2n) is 3.70. The van der Waals surface area contributed by atoms with Crippen LogP contribution in [0.15, 0.2) is 24.5 Å². The first-order valence-electron chi connectivity index (χ1n) is 5.33. The van der Waals surface area contributed by atoms with E-state index in [1.54, 1.807) is 13.1 Å². The number of benzene rings is 1. The maximum absolute atomic E-state index is 13.3. The highest BCUT2D eigenvalue weighted by atomic mass is 35.5. The van der Waals surface area contributed by atoms with Crippen molar-refractivity contribution in [3.63, 3.8) is 0 Å². The molecule has 0 saturated heterocycles. The van der Waals surface area contributed by atoms with Gasteiger partial charge in [0, 0.05) is 18.3 Å². The molecule has 18 heavy (non-hydrogen) atoms. The van der Waals surface area contributed by atoms with Crippen LogP contribution in [0, 0.1) is 12.7 Å². The minimum absolute atomic E-state index is 0.0934. The molecule has 0 atom stereocenters. The van der Waals surface area contributed by atoms with Crippen molar-refractivity contribution in [3.05, 3.63) is 40.9 Å². The molecule has 2 N–H and O–H groups in total. The van der Waals surface area contributed by atoms with Crippen molar-refractivity contribution < 1.29 is 4.39 Å². The van der Waals surface area contributed by atoms with Gasteiger partial charge in [-0.05, 0) is 25.1 Å². The lowest BCUT2D eigenvalue weighted by molar-refractivity contribution is 0.629. The molecule has 1 aromatic heterocycles. The van der Waals surface area contributed by atoms with Gasteiger partial charge >= 0.3 is 0 Å². The van der Waals surface area contributed by atoms with E-state index >= 15 is 0 Å². The molecule has 94 valence electrons. The van der Waals surface area contributed by atoms with E-state index < -0.39 is 5.82 Å². The summed E-state index contributed by atoms with van der Waals surface area (Å²) in [6, 6.07) is 4.50. The minimum atomic E-state index is -0.470. The van der Waals surface area contributed by atoms with Crippen LogP contribution >= 0.6 is 11.6 Å². The average molecular weight is 267 g/mol. The molecule has 1 aromatic carbocycles. The average Bonchev–Trinajstić information content (AvgIpc) is 2.36. The maximum Gasteiger partial charge on any atom is 0.143 e. The second-order valence-corrected chi connectivity index (χ2v) is 4.11. The van der Waals surface area contributed by atoms with Gasteiger partial charge in [0.15, 0.2) is 0 Å². The molecular weight excluding hydrogens is 255 g/mol. The highest BCUT2D eigenvalue weighted by molar-refractivity contribution is 6.30. The molecule has 2 aromatic rings. The van der Waals surface area contributed by atoms with Gasteiger partial charge in [-0.25, -0.2) is 14.4 Å². The third kappa shape index (κ3) is 2.51. The first-order valence-corrected chi connectivity index (χ1v) is 5.71. The van der Waals surface area contributed by atoms with Crippen molar-refractivity contribution in [1.82, 2.24) is 9.97 Å². The summed E-state index contributed by atoms with van der Waals surface area (Å²) in [5.74, 6) is 0.875. The van der Waals surface area contributed by atoms with Gasteiger partial charge in [0.05, 0.1) is 5.02 Å². The lowest BCUT2D eigenvalue weighted by Gasteiger charge is -2.11. The van der Waals surface area contributed by atoms with Crippen LogP contribution in [0.3, 0.4) is 0 Å². The van der Waals surface area contributed by atoms with Crippen molar-refractivity contribution in [3.8, 4) is 0 Å². The summed E-state index contributed by atoms with van der Waals surface area (Å²) in [7, 11) is 1.78. The third-order valence-corrected chi connectivity index (χ3v) is 2.81. The molecule has 0 fully saturated rings. The lowest BCUT2D eigenvalue weighted by Crippen LogP contribution is -2.02. The first-order chi connectivity index (χ1) is 8.61. The van der Waals surface area contributed by atoms with Crippen molar-refractivity contribution in [2.75, 3.05) is 17.7 Å². The molecule has 0 amide bonds. The van der Waals surface area contributed by atoms with Crippen LogP contribution < -0.4 is 10.6 Å². The Hall–Kier alpha value is -1.88. The van der Waals surface area contributed by atoms with Crippen LogP contribution in [0.4, 0.5) is 21.7 Å². The quantitative estimate of drug-likeness (QED) is 0.894. The number of rotatable bonds is 3. The van der Waals surface area contributed by atoms with Crippen LogP contribution in [0.1, 0.15) is 5.56 Å². The van der Waals surface area contributed by atoms with E-state index in [2.05, 4.69) is 20.6 Å². The maximum atomic E-state index is 13.3. The highest BCUT2D eigenvalue weighted by Gasteiger charge is 2.07. The molecule has 0 bridgehead atoms. The lowest BCUT2D eigenvalue weighted by atomic mass is 10.2. The Morgan fingerprint density at radius 3 is 2.61 bits per heavy atom. The molecular formula is C12H12ClFN4. The van der Waals surface area contributed by atoms with E-state index in [1.807, 2.05) is 6.92 Å². The van der Waals surface area contributed by atoms with Crippen molar-refractivity contribution >= 4 is 28.9 Å². The van der Waals surface area contributed by atoms with Gasteiger partial charge < -0.3 is 10.6 Å². The molecule has 6 heteroatoms. The number of halogens is 2. The van der Waals surface area contributed by atoms with Gasteiger partial charge in [0.2, 0.25) is 0 Å². The van der Waals surface area contributed by atoms with Gasteiger partial charge in [0.25, 0.3) is 0 Å². The van der Waals surface area contributed by atoms with Gasteiger partial charge in [0.1, 0.15) is 23.8 Å². The largest absolute Gasteiger partial charge is 0.373 e. The minimum Gasteiger partial charge on any atom is -0.373 e. The predicted octanol–water partition coefficient (Wildman–Crippen LogP) is 3.36. The van der Waals surface area contributed by atoms with E-state index in [-0.39, 0.29) is 5.02 Å². The predicted molar refractivity (Wildman–Crippen MR) is 71.0 cm³/mol. The Bertz CT molecular complexity index is 574. The van der Waals surface area contributed by atoms with Crippen molar-refractivity contribution in [2.24, 2.45) is 0 Å². The fourth-order valence-corrected chi connectivity index (χ4v) is 1.66. The zero-order chi connectivity index (χ0) is 13.1. The summed E-state index contributed by atoms with van der Waals surface area (Å²) in [6.45, 7) is 1.88. The number of hydrogen-bond donors (Lipinski definition) is 2. The van der Waals surface area contributed by atoms with Crippen LogP contribution in [0.25, 0.3) is 0 Å².